The lowest BCUT2D eigenvalue weighted by Gasteiger charge is -2.18. The van der Waals surface area contributed by atoms with E-state index in [0.29, 0.717) is 6.54 Å². The lowest BCUT2D eigenvalue weighted by atomic mass is 10.1. The Morgan fingerprint density at radius 1 is 1.67 bits per heavy atom. The molecule has 0 saturated carbocycles. The molecule has 1 amide bonds. The predicted octanol–water partition coefficient (Wildman–Crippen LogP) is 0.230. The second-order valence-electron chi connectivity index (χ2n) is 4.27. The largest absolute Gasteiger partial charge is 0.352 e. The summed E-state index contributed by atoms with van der Waals surface area (Å²) in [6, 6.07) is 0.165. The van der Waals surface area contributed by atoms with Crippen molar-refractivity contribution in [1.82, 2.24) is 10.6 Å². The van der Waals surface area contributed by atoms with Gasteiger partial charge in [-0.1, -0.05) is 19.8 Å². The zero-order chi connectivity index (χ0) is 11.1. The molecule has 1 aliphatic heterocycles. The van der Waals surface area contributed by atoms with E-state index in [-0.39, 0.29) is 17.9 Å². The number of hydrogen-bond donors (Lipinski definition) is 3. The van der Waals surface area contributed by atoms with E-state index in [1.54, 1.807) is 0 Å². The van der Waals surface area contributed by atoms with E-state index >= 15 is 0 Å². The maximum absolute atomic E-state index is 11.8. The first-order valence-electron chi connectivity index (χ1n) is 5.99. The molecule has 15 heavy (non-hydrogen) atoms. The molecule has 0 spiro atoms. The molecule has 1 rings (SSSR count). The Labute approximate surface area is 92.0 Å². The summed E-state index contributed by atoms with van der Waals surface area (Å²) in [5, 5.41) is 6.24. The number of rotatable bonds is 6. The third kappa shape index (κ3) is 4.18. The van der Waals surface area contributed by atoms with Gasteiger partial charge < -0.3 is 16.4 Å². The molecule has 1 saturated heterocycles. The van der Waals surface area contributed by atoms with Gasteiger partial charge in [0.05, 0.1) is 5.92 Å². The Kier molecular flexibility index (Phi) is 5.65. The van der Waals surface area contributed by atoms with Crippen LogP contribution in [0.3, 0.4) is 0 Å². The van der Waals surface area contributed by atoms with Gasteiger partial charge >= 0.3 is 0 Å². The van der Waals surface area contributed by atoms with Crippen LogP contribution in [0.2, 0.25) is 0 Å². The summed E-state index contributed by atoms with van der Waals surface area (Å²) in [5.74, 6) is 0.326. The fourth-order valence-electron chi connectivity index (χ4n) is 1.90. The Morgan fingerprint density at radius 3 is 3.00 bits per heavy atom. The molecule has 0 radical (unpaired) electrons. The van der Waals surface area contributed by atoms with Gasteiger partial charge in [0.15, 0.2) is 0 Å². The average molecular weight is 213 g/mol. The first-order valence-corrected chi connectivity index (χ1v) is 5.99. The molecule has 4 nitrogen and oxygen atoms in total. The van der Waals surface area contributed by atoms with E-state index in [1.165, 1.54) is 0 Å². The van der Waals surface area contributed by atoms with Crippen LogP contribution in [0.4, 0.5) is 0 Å². The number of hydrogen-bond acceptors (Lipinski definition) is 3. The van der Waals surface area contributed by atoms with Crippen LogP contribution in [0.1, 0.15) is 32.6 Å². The Bertz CT molecular complexity index is 190. The van der Waals surface area contributed by atoms with Crippen LogP contribution in [-0.2, 0) is 4.79 Å². The number of carbonyl (C=O) groups excluding carboxylic acids is 1. The lowest BCUT2D eigenvalue weighted by Crippen LogP contribution is -2.43. The molecule has 0 aromatic rings. The smallest absolute Gasteiger partial charge is 0.224 e. The van der Waals surface area contributed by atoms with Crippen LogP contribution >= 0.6 is 0 Å². The van der Waals surface area contributed by atoms with Gasteiger partial charge in [-0.2, -0.15) is 0 Å². The van der Waals surface area contributed by atoms with E-state index in [9.17, 15) is 4.79 Å². The molecule has 4 N–H and O–H groups in total. The van der Waals surface area contributed by atoms with Crippen LogP contribution in [0.15, 0.2) is 0 Å². The summed E-state index contributed by atoms with van der Waals surface area (Å²) in [6.45, 7) is 4.47. The monoisotopic (exact) mass is 213 g/mol. The number of unbranched alkanes of at least 4 members (excludes halogenated alkanes) is 1. The van der Waals surface area contributed by atoms with Crippen molar-refractivity contribution < 1.29 is 4.79 Å². The number of nitrogens with one attached hydrogen (secondary N) is 2. The summed E-state index contributed by atoms with van der Waals surface area (Å²) in [6.07, 6.45) is 4.23. The van der Waals surface area contributed by atoms with Crippen LogP contribution in [-0.4, -0.2) is 31.6 Å². The van der Waals surface area contributed by atoms with Crippen molar-refractivity contribution in [2.75, 3.05) is 19.6 Å². The highest BCUT2D eigenvalue weighted by atomic mass is 16.2. The van der Waals surface area contributed by atoms with Gasteiger partial charge in [-0.25, -0.2) is 0 Å². The molecular weight excluding hydrogens is 190 g/mol. The summed E-state index contributed by atoms with van der Waals surface area (Å²) in [5.41, 5.74) is 5.63. The van der Waals surface area contributed by atoms with E-state index in [1.807, 2.05) is 0 Å². The quantitative estimate of drug-likeness (QED) is 0.591. The van der Waals surface area contributed by atoms with Crippen molar-refractivity contribution in [2.45, 2.75) is 38.6 Å². The van der Waals surface area contributed by atoms with Crippen molar-refractivity contribution >= 4 is 5.91 Å². The van der Waals surface area contributed by atoms with Gasteiger partial charge in [-0.3, -0.25) is 4.79 Å². The minimum absolute atomic E-state index is 0.153. The van der Waals surface area contributed by atoms with Crippen molar-refractivity contribution in [1.29, 1.82) is 0 Å². The topological polar surface area (TPSA) is 67.1 Å². The van der Waals surface area contributed by atoms with Crippen LogP contribution in [0.25, 0.3) is 0 Å². The molecule has 0 aliphatic carbocycles. The van der Waals surface area contributed by atoms with E-state index < -0.39 is 0 Å². The SMILES string of the molecule is CCCCC(CN)NC(=O)C1CCNC1. The third-order valence-electron chi connectivity index (χ3n) is 2.97. The Hall–Kier alpha value is -0.610. The highest BCUT2D eigenvalue weighted by Gasteiger charge is 2.23. The first kappa shape index (κ1) is 12.5. The maximum atomic E-state index is 11.8. The second kappa shape index (κ2) is 6.80. The highest BCUT2D eigenvalue weighted by Crippen LogP contribution is 2.08. The van der Waals surface area contributed by atoms with Crippen molar-refractivity contribution in [3.8, 4) is 0 Å². The summed E-state index contributed by atoms with van der Waals surface area (Å²) < 4.78 is 0. The van der Waals surface area contributed by atoms with Gasteiger partial charge in [0, 0.05) is 19.1 Å². The highest BCUT2D eigenvalue weighted by molar-refractivity contribution is 5.79. The molecule has 4 heteroatoms. The number of amides is 1. The number of carbonyl (C=O) groups is 1. The average Bonchev–Trinajstić information content (AvgIpc) is 2.77. The Morgan fingerprint density at radius 2 is 2.47 bits per heavy atom. The third-order valence-corrected chi connectivity index (χ3v) is 2.97. The number of nitrogens with two attached hydrogens (primary N) is 1. The van der Waals surface area contributed by atoms with Gasteiger partial charge in [0.2, 0.25) is 5.91 Å². The molecule has 0 aromatic carbocycles. The molecule has 1 heterocycles. The summed E-state index contributed by atoms with van der Waals surface area (Å²) in [4.78, 5) is 11.8. The minimum atomic E-state index is 0.153. The molecule has 2 atom stereocenters. The van der Waals surface area contributed by atoms with Crippen LogP contribution in [0.5, 0.6) is 0 Å². The van der Waals surface area contributed by atoms with Crippen LogP contribution in [0, 0.1) is 5.92 Å². The second-order valence-corrected chi connectivity index (χ2v) is 4.27. The molecule has 1 fully saturated rings. The molecule has 0 aromatic heterocycles. The molecular formula is C11H23N3O. The van der Waals surface area contributed by atoms with Crippen molar-refractivity contribution in [3.05, 3.63) is 0 Å². The minimum Gasteiger partial charge on any atom is -0.352 e. The van der Waals surface area contributed by atoms with Crippen molar-refractivity contribution in [2.24, 2.45) is 11.7 Å². The van der Waals surface area contributed by atoms with E-state index in [4.69, 9.17) is 5.73 Å². The Balaban J connectivity index is 2.26. The van der Waals surface area contributed by atoms with Gasteiger partial charge in [0.25, 0.3) is 0 Å². The standard InChI is InChI=1S/C11H23N3O/c1-2-3-4-10(7-12)14-11(15)9-5-6-13-8-9/h9-10,13H,2-8,12H2,1H3,(H,14,15). The fraction of sp³-hybridized carbons (Fsp3) is 0.909. The molecule has 0 bridgehead atoms. The fourth-order valence-corrected chi connectivity index (χ4v) is 1.90. The van der Waals surface area contributed by atoms with E-state index in [2.05, 4.69) is 17.6 Å². The summed E-state index contributed by atoms with van der Waals surface area (Å²) in [7, 11) is 0. The zero-order valence-electron chi connectivity index (χ0n) is 9.59. The van der Waals surface area contributed by atoms with Gasteiger partial charge in [-0.15, -0.1) is 0 Å². The molecule has 2 unspecified atom stereocenters. The predicted molar refractivity (Wildman–Crippen MR) is 61.5 cm³/mol. The summed E-state index contributed by atoms with van der Waals surface area (Å²) >= 11 is 0. The normalized spacial score (nSPS) is 22.7. The van der Waals surface area contributed by atoms with Gasteiger partial charge in [0.1, 0.15) is 0 Å². The molecule has 88 valence electrons. The zero-order valence-corrected chi connectivity index (χ0v) is 9.59. The van der Waals surface area contributed by atoms with Gasteiger partial charge in [-0.05, 0) is 19.4 Å². The maximum Gasteiger partial charge on any atom is 0.224 e. The molecule has 1 aliphatic rings. The van der Waals surface area contributed by atoms with Crippen LogP contribution < -0.4 is 16.4 Å². The van der Waals surface area contributed by atoms with Crippen molar-refractivity contribution in [3.63, 3.8) is 0 Å². The lowest BCUT2D eigenvalue weighted by molar-refractivity contribution is -0.125. The first-order chi connectivity index (χ1) is 7.27. The van der Waals surface area contributed by atoms with E-state index in [0.717, 1.165) is 38.8 Å².